The SMILES string of the molecule is Nc1[nH+]cccc1CO.O.O=C([O-])c1ccccc1C(=O)c1ccccc1. The minimum absolute atomic E-state index is 0. The number of ketones is 1. The van der Waals surface area contributed by atoms with Crippen LogP contribution in [0.2, 0.25) is 0 Å². The summed E-state index contributed by atoms with van der Waals surface area (Å²) in [5.41, 5.74) is 6.68. The number of anilines is 1. The van der Waals surface area contributed by atoms with Crippen molar-refractivity contribution in [2.24, 2.45) is 0 Å². The van der Waals surface area contributed by atoms with Crippen LogP contribution in [0.4, 0.5) is 5.82 Å². The maximum atomic E-state index is 12.1. The number of nitrogen functional groups attached to an aromatic ring is 1. The first kappa shape index (κ1) is 21.5. The first-order valence-corrected chi connectivity index (χ1v) is 7.80. The van der Waals surface area contributed by atoms with Crippen LogP contribution in [0.3, 0.4) is 0 Å². The summed E-state index contributed by atoms with van der Waals surface area (Å²) >= 11 is 0. The van der Waals surface area contributed by atoms with Crippen LogP contribution < -0.4 is 15.8 Å². The number of nitrogens with two attached hydrogens (primary N) is 1. The van der Waals surface area contributed by atoms with E-state index in [1.807, 2.05) is 0 Å². The molecule has 0 amide bonds. The van der Waals surface area contributed by atoms with Gasteiger partial charge in [0.25, 0.3) is 5.82 Å². The highest BCUT2D eigenvalue weighted by Gasteiger charge is 2.12. The standard InChI is InChI=1S/C14H10O3.C6H8N2O.H2O/c15-13(10-6-2-1-3-7-10)11-8-4-5-9-12(11)14(16)17;7-6-5(4-9)2-1-3-8-6;/h1-9H,(H,16,17);1-3,9H,4H2,(H2,7,8);1H2. The minimum Gasteiger partial charge on any atom is -0.545 e. The lowest BCUT2D eigenvalue weighted by Crippen LogP contribution is -2.25. The number of carbonyl (C=O) groups is 2. The van der Waals surface area contributed by atoms with Gasteiger partial charge in [-0.1, -0.05) is 54.6 Å². The fraction of sp³-hybridized carbons (Fsp3) is 0.0500. The molecule has 0 spiro atoms. The first-order chi connectivity index (χ1) is 12.5. The summed E-state index contributed by atoms with van der Waals surface area (Å²) in [4.78, 5) is 25.7. The van der Waals surface area contributed by atoms with E-state index in [-0.39, 0.29) is 29.0 Å². The number of nitrogens with one attached hydrogen (secondary N) is 1. The fourth-order valence-electron chi connectivity index (χ4n) is 2.23. The number of hydrogen-bond acceptors (Lipinski definition) is 5. The zero-order valence-electron chi connectivity index (χ0n) is 14.4. The number of hydrogen-bond donors (Lipinski definition) is 2. The van der Waals surface area contributed by atoms with Gasteiger partial charge >= 0.3 is 0 Å². The second-order valence-electron chi connectivity index (χ2n) is 5.30. The highest BCUT2D eigenvalue weighted by atomic mass is 16.4. The predicted molar refractivity (Wildman–Crippen MR) is 97.6 cm³/mol. The Morgan fingerprint density at radius 1 is 0.926 bits per heavy atom. The number of carbonyl (C=O) groups excluding carboxylic acids is 2. The smallest absolute Gasteiger partial charge is 0.275 e. The molecule has 1 aromatic heterocycles. The van der Waals surface area contributed by atoms with Crippen LogP contribution in [0.5, 0.6) is 0 Å². The summed E-state index contributed by atoms with van der Waals surface area (Å²) in [7, 11) is 0. The van der Waals surface area contributed by atoms with Crippen molar-refractivity contribution in [3.63, 3.8) is 0 Å². The molecule has 140 valence electrons. The molecule has 2 aromatic carbocycles. The first-order valence-electron chi connectivity index (χ1n) is 7.80. The molecule has 7 heteroatoms. The van der Waals surface area contributed by atoms with Crippen LogP contribution in [-0.4, -0.2) is 22.3 Å². The van der Waals surface area contributed by atoms with Crippen molar-refractivity contribution >= 4 is 17.6 Å². The number of aliphatic hydroxyl groups excluding tert-OH is 1. The molecule has 27 heavy (non-hydrogen) atoms. The predicted octanol–water partition coefficient (Wildman–Crippen LogP) is 0.0316. The molecule has 3 rings (SSSR count). The molecule has 0 fully saturated rings. The van der Waals surface area contributed by atoms with E-state index in [0.29, 0.717) is 11.4 Å². The van der Waals surface area contributed by atoms with Gasteiger partial charge in [-0.25, -0.2) is 4.98 Å². The molecule has 0 bridgehead atoms. The van der Waals surface area contributed by atoms with Gasteiger partial charge in [0.05, 0.1) is 24.3 Å². The summed E-state index contributed by atoms with van der Waals surface area (Å²) in [6, 6.07) is 18.2. The lowest BCUT2D eigenvalue weighted by atomic mass is 9.98. The number of H-pyrrole nitrogens is 1. The number of aromatic amines is 1. The molecule has 3 aromatic rings. The molecule has 1 heterocycles. The van der Waals surface area contributed by atoms with Crippen molar-refractivity contribution in [2.75, 3.05) is 5.73 Å². The Kier molecular flexibility index (Phi) is 8.31. The number of aromatic nitrogens is 1. The third kappa shape index (κ3) is 5.74. The summed E-state index contributed by atoms with van der Waals surface area (Å²) in [5.74, 6) is -1.13. The Labute approximate surface area is 156 Å². The Balaban J connectivity index is 0.000000310. The van der Waals surface area contributed by atoms with E-state index in [0.717, 1.165) is 5.56 Å². The average molecular weight is 368 g/mol. The van der Waals surface area contributed by atoms with E-state index in [2.05, 4.69) is 4.98 Å². The largest absolute Gasteiger partial charge is 0.545 e. The van der Waals surface area contributed by atoms with Crippen LogP contribution in [0.25, 0.3) is 0 Å². The van der Waals surface area contributed by atoms with Crippen LogP contribution in [0, 0.1) is 0 Å². The minimum atomic E-state index is -1.34. The maximum absolute atomic E-state index is 12.1. The average Bonchev–Trinajstić information content (AvgIpc) is 2.69. The monoisotopic (exact) mass is 368 g/mol. The number of aliphatic hydroxyl groups is 1. The third-order valence-electron chi connectivity index (χ3n) is 3.58. The quantitative estimate of drug-likeness (QED) is 0.623. The van der Waals surface area contributed by atoms with E-state index in [4.69, 9.17) is 10.8 Å². The molecule has 0 unspecified atom stereocenters. The van der Waals surface area contributed by atoms with Gasteiger partial charge in [0.1, 0.15) is 0 Å². The van der Waals surface area contributed by atoms with E-state index in [1.165, 1.54) is 12.1 Å². The molecule has 0 atom stereocenters. The van der Waals surface area contributed by atoms with Gasteiger partial charge in [0.2, 0.25) is 0 Å². The summed E-state index contributed by atoms with van der Waals surface area (Å²) in [6.45, 7) is -0.0107. The molecule has 0 saturated carbocycles. The Morgan fingerprint density at radius 3 is 2.04 bits per heavy atom. The molecule has 0 aliphatic rings. The number of pyridine rings is 1. The van der Waals surface area contributed by atoms with Crippen molar-refractivity contribution in [3.8, 4) is 0 Å². The van der Waals surface area contributed by atoms with Crippen molar-refractivity contribution in [2.45, 2.75) is 6.61 Å². The Bertz CT molecular complexity index is 898. The van der Waals surface area contributed by atoms with E-state index in [1.54, 1.807) is 60.8 Å². The fourth-order valence-corrected chi connectivity index (χ4v) is 2.23. The van der Waals surface area contributed by atoms with Crippen molar-refractivity contribution < 1.29 is 30.3 Å². The molecular weight excluding hydrogens is 348 g/mol. The van der Waals surface area contributed by atoms with Crippen LogP contribution in [0.1, 0.15) is 31.8 Å². The molecule has 0 aliphatic carbocycles. The van der Waals surface area contributed by atoms with Crippen molar-refractivity contribution in [3.05, 3.63) is 95.2 Å². The van der Waals surface area contributed by atoms with E-state index in [9.17, 15) is 14.7 Å². The zero-order valence-corrected chi connectivity index (χ0v) is 14.4. The van der Waals surface area contributed by atoms with Gasteiger partial charge in [0, 0.05) is 16.7 Å². The van der Waals surface area contributed by atoms with Gasteiger partial charge in [-0.3, -0.25) is 10.5 Å². The summed E-state index contributed by atoms with van der Waals surface area (Å²) in [5, 5.41) is 19.5. The molecule has 0 saturated heterocycles. The lowest BCUT2D eigenvalue weighted by molar-refractivity contribution is -0.361. The summed E-state index contributed by atoms with van der Waals surface area (Å²) in [6.07, 6.45) is 1.72. The highest BCUT2D eigenvalue weighted by molar-refractivity contribution is 6.13. The maximum Gasteiger partial charge on any atom is 0.275 e. The number of carboxylic acid groups (broad SMARTS) is 1. The van der Waals surface area contributed by atoms with Gasteiger partial charge in [-0.05, 0) is 12.1 Å². The van der Waals surface area contributed by atoms with Crippen LogP contribution in [-0.2, 0) is 6.61 Å². The van der Waals surface area contributed by atoms with Crippen molar-refractivity contribution in [1.82, 2.24) is 0 Å². The topological polar surface area (TPSA) is 149 Å². The van der Waals surface area contributed by atoms with Crippen LogP contribution >= 0.6 is 0 Å². The van der Waals surface area contributed by atoms with Gasteiger partial charge in [-0.15, -0.1) is 0 Å². The number of aromatic carboxylic acids is 1. The lowest BCUT2D eigenvalue weighted by Gasteiger charge is -2.08. The normalized spacial score (nSPS) is 9.37. The Morgan fingerprint density at radius 2 is 1.52 bits per heavy atom. The second kappa shape index (κ2) is 10.4. The zero-order chi connectivity index (χ0) is 18.9. The second-order valence-corrected chi connectivity index (χ2v) is 5.30. The Hall–Kier alpha value is -3.55. The molecule has 0 radical (unpaired) electrons. The van der Waals surface area contributed by atoms with Gasteiger partial charge in [-0.2, -0.15) is 0 Å². The van der Waals surface area contributed by atoms with Crippen molar-refractivity contribution in [1.29, 1.82) is 0 Å². The molecule has 0 aliphatic heterocycles. The molecule has 7 nitrogen and oxygen atoms in total. The summed E-state index contributed by atoms with van der Waals surface area (Å²) < 4.78 is 0. The van der Waals surface area contributed by atoms with Crippen LogP contribution in [0.15, 0.2) is 72.9 Å². The number of benzene rings is 2. The van der Waals surface area contributed by atoms with Gasteiger partial charge < -0.3 is 20.5 Å². The van der Waals surface area contributed by atoms with E-state index >= 15 is 0 Å². The molecular formula is C20H20N2O5. The number of carboxylic acids is 1. The van der Waals surface area contributed by atoms with Gasteiger partial charge in [0.15, 0.2) is 5.78 Å². The number of rotatable bonds is 4. The highest BCUT2D eigenvalue weighted by Crippen LogP contribution is 2.13. The third-order valence-corrected chi connectivity index (χ3v) is 3.58. The molecule has 6 N–H and O–H groups in total. The van der Waals surface area contributed by atoms with E-state index < -0.39 is 5.97 Å².